The van der Waals surface area contributed by atoms with Crippen molar-refractivity contribution in [3.05, 3.63) is 78.3 Å². The number of nitrogens with zero attached hydrogens (tertiary/aromatic N) is 2. The third kappa shape index (κ3) is 3.66. The predicted molar refractivity (Wildman–Crippen MR) is 97.9 cm³/mol. The minimum Gasteiger partial charge on any atom is -0.306 e. The van der Waals surface area contributed by atoms with E-state index in [9.17, 15) is 9.18 Å². The van der Waals surface area contributed by atoms with Crippen molar-refractivity contribution in [2.45, 2.75) is 13.8 Å². The molecule has 2 heterocycles. The summed E-state index contributed by atoms with van der Waals surface area (Å²) in [6, 6.07) is 9.92. The zero-order chi connectivity index (χ0) is 17.8. The molecule has 1 aromatic carbocycles. The number of pyridine rings is 1. The lowest BCUT2D eigenvalue weighted by molar-refractivity contribution is -0.111. The first kappa shape index (κ1) is 16.6. The quantitative estimate of drug-likeness (QED) is 0.563. The number of hydrogen-bond acceptors (Lipinski definition) is 2. The first-order chi connectivity index (χ1) is 12.1. The summed E-state index contributed by atoms with van der Waals surface area (Å²) in [6.45, 7) is 3.85. The third-order valence-electron chi connectivity index (χ3n) is 3.69. The number of carbonyl (C=O) groups excluding carboxylic acids is 1. The fourth-order valence-electron chi connectivity index (χ4n) is 2.49. The number of anilines is 1. The standard InChI is InChI=1S/C20H18FN3O/c1-3-4-5-6-18(25)23-20-19(15-7-9-16(21)10-8-15)22-17-13-14(2)11-12-24(17)20/h3-13H,1-2H3,(H,23,25). The molecule has 0 saturated heterocycles. The van der Waals surface area contributed by atoms with Crippen molar-refractivity contribution in [1.29, 1.82) is 0 Å². The van der Waals surface area contributed by atoms with Gasteiger partial charge in [-0.05, 0) is 55.8 Å². The number of carbonyl (C=O) groups is 1. The molecule has 0 atom stereocenters. The number of rotatable bonds is 4. The second-order valence-electron chi connectivity index (χ2n) is 5.62. The SMILES string of the molecule is CC=CC=CC(=O)Nc1c(-c2ccc(F)cc2)nc2cc(C)ccn12. The number of aryl methyl sites for hydroxylation is 1. The van der Waals surface area contributed by atoms with Crippen LogP contribution < -0.4 is 5.32 Å². The van der Waals surface area contributed by atoms with E-state index < -0.39 is 0 Å². The van der Waals surface area contributed by atoms with E-state index in [1.165, 1.54) is 18.2 Å². The second-order valence-corrected chi connectivity index (χ2v) is 5.62. The van der Waals surface area contributed by atoms with Gasteiger partial charge in [-0.15, -0.1) is 0 Å². The number of imidazole rings is 1. The highest BCUT2D eigenvalue weighted by atomic mass is 19.1. The van der Waals surface area contributed by atoms with Crippen LogP contribution in [0.4, 0.5) is 10.2 Å². The molecule has 4 nitrogen and oxygen atoms in total. The van der Waals surface area contributed by atoms with Gasteiger partial charge in [0, 0.05) is 17.8 Å². The Morgan fingerprint density at radius 1 is 1.20 bits per heavy atom. The topological polar surface area (TPSA) is 46.4 Å². The summed E-state index contributed by atoms with van der Waals surface area (Å²) in [5.41, 5.74) is 3.11. The monoisotopic (exact) mass is 335 g/mol. The van der Waals surface area contributed by atoms with Crippen molar-refractivity contribution in [3.8, 4) is 11.3 Å². The van der Waals surface area contributed by atoms with E-state index in [0.717, 1.165) is 11.1 Å². The van der Waals surface area contributed by atoms with Crippen LogP contribution in [0, 0.1) is 12.7 Å². The van der Waals surface area contributed by atoms with E-state index in [0.29, 0.717) is 17.2 Å². The Labute approximate surface area is 145 Å². The number of halogens is 1. The van der Waals surface area contributed by atoms with Crippen molar-refractivity contribution >= 4 is 17.4 Å². The molecular weight excluding hydrogens is 317 g/mol. The Morgan fingerprint density at radius 2 is 1.96 bits per heavy atom. The number of allylic oxidation sites excluding steroid dienone is 3. The molecule has 5 heteroatoms. The van der Waals surface area contributed by atoms with Crippen LogP contribution in [0.3, 0.4) is 0 Å². The molecule has 0 radical (unpaired) electrons. The first-order valence-electron chi connectivity index (χ1n) is 7.93. The molecule has 1 N–H and O–H groups in total. The lowest BCUT2D eigenvalue weighted by Crippen LogP contribution is -2.10. The molecule has 0 bridgehead atoms. The Kier molecular flexibility index (Phi) is 4.75. The van der Waals surface area contributed by atoms with Crippen molar-refractivity contribution in [3.63, 3.8) is 0 Å². The number of nitrogens with one attached hydrogen (secondary N) is 1. The minimum absolute atomic E-state index is 0.260. The van der Waals surface area contributed by atoms with Crippen LogP contribution in [0.1, 0.15) is 12.5 Å². The molecule has 25 heavy (non-hydrogen) atoms. The van der Waals surface area contributed by atoms with Gasteiger partial charge in [0.1, 0.15) is 23.0 Å². The van der Waals surface area contributed by atoms with Gasteiger partial charge in [0.2, 0.25) is 5.91 Å². The molecule has 3 rings (SSSR count). The van der Waals surface area contributed by atoms with Gasteiger partial charge in [-0.25, -0.2) is 9.37 Å². The van der Waals surface area contributed by atoms with Gasteiger partial charge in [-0.2, -0.15) is 0 Å². The Balaban J connectivity index is 2.08. The lowest BCUT2D eigenvalue weighted by Gasteiger charge is -2.06. The fourth-order valence-corrected chi connectivity index (χ4v) is 2.49. The van der Waals surface area contributed by atoms with Crippen molar-refractivity contribution in [2.24, 2.45) is 0 Å². The molecule has 126 valence electrons. The van der Waals surface area contributed by atoms with E-state index in [4.69, 9.17) is 0 Å². The number of aromatic nitrogens is 2. The normalized spacial score (nSPS) is 11.6. The van der Waals surface area contributed by atoms with Crippen LogP contribution in [0.2, 0.25) is 0 Å². The minimum atomic E-state index is -0.316. The van der Waals surface area contributed by atoms with E-state index in [1.807, 2.05) is 42.7 Å². The zero-order valence-electron chi connectivity index (χ0n) is 14.0. The molecule has 0 saturated carbocycles. The molecule has 2 aromatic heterocycles. The Hall–Kier alpha value is -3.21. The molecular formula is C20H18FN3O. The van der Waals surface area contributed by atoms with Crippen LogP contribution in [-0.4, -0.2) is 15.3 Å². The maximum absolute atomic E-state index is 13.2. The van der Waals surface area contributed by atoms with Gasteiger partial charge >= 0.3 is 0 Å². The van der Waals surface area contributed by atoms with E-state index in [-0.39, 0.29) is 11.7 Å². The molecule has 0 spiro atoms. The highest BCUT2D eigenvalue weighted by molar-refractivity contribution is 6.01. The summed E-state index contributed by atoms with van der Waals surface area (Å²) in [7, 11) is 0. The van der Waals surface area contributed by atoms with Gasteiger partial charge in [-0.1, -0.05) is 18.2 Å². The van der Waals surface area contributed by atoms with Crippen molar-refractivity contribution < 1.29 is 9.18 Å². The highest BCUT2D eigenvalue weighted by Gasteiger charge is 2.15. The Morgan fingerprint density at radius 3 is 2.68 bits per heavy atom. The summed E-state index contributed by atoms with van der Waals surface area (Å²) in [4.78, 5) is 16.8. The van der Waals surface area contributed by atoms with Crippen molar-refractivity contribution in [1.82, 2.24) is 9.38 Å². The second kappa shape index (κ2) is 7.13. The maximum Gasteiger partial charge on any atom is 0.249 e. The third-order valence-corrected chi connectivity index (χ3v) is 3.69. The number of benzene rings is 1. The van der Waals surface area contributed by atoms with Crippen LogP contribution in [0.25, 0.3) is 16.9 Å². The Bertz CT molecular complexity index is 969. The summed E-state index contributed by atoms with van der Waals surface area (Å²) >= 11 is 0. The first-order valence-corrected chi connectivity index (χ1v) is 7.93. The predicted octanol–water partition coefficient (Wildman–Crippen LogP) is 4.52. The average molecular weight is 335 g/mol. The van der Waals surface area contributed by atoms with Gasteiger partial charge in [0.05, 0.1) is 0 Å². The molecule has 0 aliphatic heterocycles. The van der Waals surface area contributed by atoms with E-state index in [1.54, 1.807) is 24.3 Å². The lowest BCUT2D eigenvalue weighted by atomic mass is 10.1. The molecule has 0 fully saturated rings. The van der Waals surface area contributed by atoms with Crippen molar-refractivity contribution in [2.75, 3.05) is 5.32 Å². The number of amides is 1. The average Bonchev–Trinajstić information content (AvgIpc) is 2.93. The van der Waals surface area contributed by atoms with Gasteiger partial charge in [0.25, 0.3) is 0 Å². The van der Waals surface area contributed by atoms with E-state index >= 15 is 0 Å². The summed E-state index contributed by atoms with van der Waals surface area (Å²) in [6.07, 6.45) is 8.58. The number of hydrogen-bond donors (Lipinski definition) is 1. The molecule has 3 aromatic rings. The summed E-state index contributed by atoms with van der Waals surface area (Å²) in [5.74, 6) is -0.0243. The molecule has 0 unspecified atom stereocenters. The maximum atomic E-state index is 13.2. The smallest absolute Gasteiger partial charge is 0.249 e. The fraction of sp³-hybridized carbons (Fsp3) is 0.100. The van der Waals surface area contributed by atoms with Crippen LogP contribution in [-0.2, 0) is 4.79 Å². The van der Waals surface area contributed by atoms with Crippen LogP contribution in [0.5, 0.6) is 0 Å². The molecule has 0 aliphatic rings. The summed E-state index contributed by atoms with van der Waals surface area (Å²) < 4.78 is 15.0. The van der Waals surface area contributed by atoms with E-state index in [2.05, 4.69) is 10.3 Å². The number of fused-ring (bicyclic) bond motifs is 1. The highest BCUT2D eigenvalue weighted by Crippen LogP contribution is 2.29. The molecule has 1 amide bonds. The van der Waals surface area contributed by atoms with Crippen LogP contribution >= 0.6 is 0 Å². The van der Waals surface area contributed by atoms with Gasteiger partial charge < -0.3 is 5.32 Å². The zero-order valence-corrected chi connectivity index (χ0v) is 14.0. The van der Waals surface area contributed by atoms with Gasteiger partial charge in [-0.3, -0.25) is 9.20 Å². The summed E-state index contributed by atoms with van der Waals surface area (Å²) in [5, 5.41) is 2.87. The van der Waals surface area contributed by atoms with Gasteiger partial charge in [0.15, 0.2) is 0 Å². The largest absolute Gasteiger partial charge is 0.306 e. The van der Waals surface area contributed by atoms with Crippen LogP contribution in [0.15, 0.2) is 66.9 Å². The molecule has 0 aliphatic carbocycles.